The van der Waals surface area contributed by atoms with Gasteiger partial charge in [0.25, 0.3) is 0 Å². The molecule has 2 aromatic rings. The van der Waals surface area contributed by atoms with Crippen LogP contribution in [0.4, 0.5) is 0 Å². The fourth-order valence-electron chi connectivity index (χ4n) is 3.12. The molecule has 1 unspecified atom stereocenters. The summed E-state index contributed by atoms with van der Waals surface area (Å²) in [5.41, 5.74) is 2.81. The van der Waals surface area contributed by atoms with E-state index in [-0.39, 0.29) is 0 Å². The molecule has 2 aromatic carbocycles. The van der Waals surface area contributed by atoms with Gasteiger partial charge in [-0.15, -0.1) is 0 Å². The quantitative estimate of drug-likeness (QED) is 0.610. The van der Waals surface area contributed by atoms with Crippen LogP contribution in [0.2, 0.25) is 0 Å². The van der Waals surface area contributed by atoms with E-state index in [0.29, 0.717) is 12.0 Å². The van der Waals surface area contributed by atoms with Crippen molar-refractivity contribution in [2.45, 2.75) is 45.1 Å². The second kappa shape index (κ2) is 9.42. The van der Waals surface area contributed by atoms with Crippen molar-refractivity contribution in [3.05, 3.63) is 71.8 Å². The Kier molecular flexibility index (Phi) is 7.18. The average Bonchev–Trinajstić information content (AvgIpc) is 2.57. The van der Waals surface area contributed by atoms with Gasteiger partial charge in [0, 0.05) is 7.11 Å². The molecule has 0 spiro atoms. The van der Waals surface area contributed by atoms with Crippen LogP contribution in [-0.4, -0.2) is 13.2 Å². The molecule has 0 aliphatic rings. The molecule has 0 heterocycles. The van der Waals surface area contributed by atoms with Crippen LogP contribution in [-0.2, 0) is 17.6 Å². The normalized spacial score (nSPS) is 12.5. The van der Waals surface area contributed by atoms with E-state index in [4.69, 9.17) is 4.74 Å². The Morgan fingerprint density at radius 1 is 0.818 bits per heavy atom. The van der Waals surface area contributed by atoms with E-state index in [0.717, 1.165) is 19.3 Å². The van der Waals surface area contributed by atoms with E-state index in [1.807, 2.05) is 7.11 Å². The van der Waals surface area contributed by atoms with Crippen molar-refractivity contribution in [1.82, 2.24) is 0 Å². The molecule has 1 atom stereocenters. The molecule has 0 aromatic heterocycles. The van der Waals surface area contributed by atoms with Crippen LogP contribution < -0.4 is 0 Å². The molecule has 0 aliphatic carbocycles. The zero-order valence-corrected chi connectivity index (χ0v) is 13.9. The number of hydrogen-bond acceptors (Lipinski definition) is 1. The van der Waals surface area contributed by atoms with Gasteiger partial charge in [0.1, 0.15) is 0 Å². The molecular weight excluding hydrogens is 268 g/mol. The van der Waals surface area contributed by atoms with E-state index in [1.165, 1.54) is 24.0 Å². The van der Waals surface area contributed by atoms with Crippen molar-refractivity contribution in [3.8, 4) is 0 Å². The van der Waals surface area contributed by atoms with Gasteiger partial charge in [-0.05, 0) is 36.3 Å². The molecule has 0 saturated heterocycles. The van der Waals surface area contributed by atoms with Gasteiger partial charge in [-0.2, -0.15) is 0 Å². The molecule has 0 amide bonds. The number of benzene rings is 2. The first-order chi connectivity index (χ1) is 10.8. The van der Waals surface area contributed by atoms with Gasteiger partial charge in [-0.25, -0.2) is 0 Å². The van der Waals surface area contributed by atoms with Crippen molar-refractivity contribution in [3.63, 3.8) is 0 Å². The lowest BCUT2D eigenvalue weighted by Gasteiger charge is -2.26. The number of methoxy groups -OCH3 is 1. The Labute approximate surface area is 135 Å². The molecular formula is C21H28O. The van der Waals surface area contributed by atoms with Crippen LogP contribution in [0.1, 0.15) is 37.3 Å². The second-order valence-corrected chi connectivity index (χ2v) is 6.06. The van der Waals surface area contributed by atoms with Crippen LogP contribution in [0.3, 0.4) is 0 Å². The molecule has 2 rings (SSSR count). The monoisotopic (exact) mass is 296 g/mol. The number of ether oxygens (including phenoxy) is 1. The van der Waals surface area contributed by atoms with Gasteiger partial charge < -0.3 is 4.74 Å². The topological polar surface area (TPSA) is 9.23 Å². The van der Waals surface area contributed by atoms with Crippen LogP contribution in [0.5, 0.6) is 0 Å². The van der Waals surface area contributed by atoms with Gasteiger partial charge in [0.2, 0.25) is 0 Å². The van der Waals surface area contributed by atoms with E-state index in [9.17, 15) is 0 Å². The number of hydrogen-bond donors (Lipinski definition) is 0. The number of unbranched alkanes of at least 4 members (excludes halogenated alkanes) is 1. The highest BCUT2D eigenvalue weighted by Crippen LogP contribution is 2.23. The van der Waals surface area contributed by atoms with Gasteiger partial charge in [0.15, 0.2) is 0 Å². The third-order valence-corrected chi connectivity index (χ3v) is 4.35. The third kappa shape index (κ3) is 5.31. The summed E-state index contributed by atoms with van der Waals surface area (Å²) in [5, 5.41) is 0. The summed E-state index contributed by atoms with van der Waals surface area (Å²) in [7, 11) is 1.86. The van der Waals surface area contributed by atoms with Crippen LogP contribution in [0.25, 0.3) is 0 Å². The first-order valence-electron chi connectivity index (χ1n) is 8.44. The molecule has 0 N–H and O–H groups in total. The second-order valence-electron chi connectivity index (χ2n) is 6.06. The molecule has 0 aliphatic heterocycles. The Morgan fingerprint density at radius 3 is 1.73 bits per heavy atom. The fourth-order valence-corrected chi connectivity index (χ4v) is 3.12. The highest BCUT2D eigenvalue weighted by molar-refractivity contribution is 5.19. The van der Waals surface area contributed by atoms with Crippen molar-refractivity contribution in [2.75, 3.05) is 7.11 Å². The van der Waals surface area contributed by atoms with Gasteiger partial charge in [0.05, 0.1) is 6.10 Å². The van der Waals surface area contributed by atoms with Crippen molar-refractivity contribution in [1.29, 1.82) is 0 Å². The third-order valence-electron chi connectivity index (χ3n) is 4.35. The van der Waals surface area contributed by atoms with Gasteiger partial charge in [-0.3, -0.25) is 0 Å². The molecule has 0 fully saturated rings. The fraction of sp³-hybridized carbons (Fsp3) is 0.429. The smallest absolute Gasteiger partial charge is 0.0605 e. The van der Waals surface area contributed by atoms with E-state index in [1.54, 1.807) is 0 Å². The lowest BCUT2D eigenvalue weighted by atomic mass is 9.86. The lowest BCUT2D eigenvalue weighted by molar-refractivity contribution is 0.0434. The highest BCUT2D eigenvalue weighted by atomic mass is 16.5. The largest absolute Gasteiger partial charge is 0.381 e. The van der Waals surface area contributed by atoms with E-state index < -0.39 is 0 Å². The lowest BCUT2D eigenvalue weighted by Crippen LogP contribution is -2.27. The van der Waals surface area contributed by atoms with Crippen molar-refractivity contribution in [2.24, 2.45) is 5.92 Å². The summed E-state index contributed by atoms with van der Waals surface area (Å²) < 4.78 is 5.86. The molecule has 1 nitrogen and oxygen atoms in total. The predicted octanol–water partition coefficient (Wildman–Crippen LogP) is 5.29. The van der Waals surface area contributed by atoms with Crippen LogP contribution >= 0.6 is 0 Å². The minimum atomic E-state index is 0.334. The zero-order valence-electron chi connectivity index (χ0n) is 13.9. The molecule has 1 heteroatoms. The average molecular weight is 296 g/mol. The molecule has 22 heavy (non-hydrogen) atoms. The summed E-state index contributed by atoms with van der Waals surface area (Å²) in [6.07, 6.45) is 6.11. The number of rotatable bonds is 9. The summed E-state index contributed by atoms with van der Waals surface area (Å²) in [5.74, 6) is 0.529. The maximum atomic E-state index is 5.86. The molecule has 0 saturated carbocycles. The molecule has 0 bridgehead atoms. The first kappa shape index (κ1) is 16.8. The summed E-state index contributed by atoms with van der Waals surface area (Å²) >= 11 is 0. The Hall–Kier alpha value is -1.60. The maximum absolute atomic E-state index is 5.86. The van der Waals surface area contributed by atoms with Gasteiger partial charge >= 0.3 is 0 Å². The van der Waals surface area contributed by atoms with Crippen LogP contribution in [0.15, 0.2) is 60.7 Å². The minimum absolute atomic E-state index is 0.334. The maximum Gasteiger partial charge on any atom is 0.0605 e. The van der Waals surface area contributed by atoms with E-state index in [2.05, 4.69) is 67.6 Å². The minimum Gasteiger partial charge on any atom is -0.381 e. The summed E-state index contributed by atoms with van der Waals surface area (Å²) in [6.45, 7) is 2.25. The Balaban J connectivity index is 2.11. The first-order valence-corrected chi connectivity index (χ1v) is 8.44. The van der Waals surface area contributed by atoms with Gasteiger partial charge in [-0.1, -0.05) is 80.4 Å². The van der Waals surface area contributed by atoms with E-state index >= 15 is 0 Å². The van der Waals surface area contributed by atoms with Crippen molar-refractivity contribution >= 4 is 0 Å². The Morgan fingerprint density at radius 2 is 1.32 bits per heavy atom. The van der Waals surface area contributed by atoms with Crippen molar-refractivity contribution < 1.29 is 4.74 Å². The standard InChI is InChI=1S/C21H28O/c1-3-4-15-21(22-2)20(16-18-11-7-5-8-12-18)17-19-13-9-6-10-14-19/h5-14,20-21H,3-4,15-17H2,1-2H3. The SMILES string of the molecule is CCCCC(OC)C(Cc1ccccc1)Cc1ccccc1. The predicted molar refractivity (Wildman–Crippen MR) is 94.1 cm³/mol. The summed E-state index contributed by atoms with van der Waals surface area (Å²) in [4.78, 5) is 0. The highest BCUT2D eigenvalue weighted by Gasteiger charge is 2.21. The summed E-state index contributed by atoms with van der Waals surface area (Å²) in [6, 6.07) is 21.6. The van der Waals surface area contributed by atoms with Crippen LogP contribution in [0, 0.1) is 5.92 Å². The molecule has 118 valence electrons. The zero-order chi connectivity index (χ0) is 15.6. The molecule has 0 radical (unpaired) electrons. The Bertz CT molecular complexity index is 464.